The van der Waals surface area contributed by atoms with E-state index in [9.17, 15) is 4.79 Å². The minimum absolute atomic E-state index is 0.0108. The molecular formula is C10H21NO4. The van der Waals surface area contributed by atoms with Crippen molar-refractivity contribution < 1.29 is 19.7 Å². The number of hydrogen-bond acceptors (Lipinski definition) is 4. The zero-order valence-electron chi connectivity index (χ0n) is 9.48. The van der Waals surface area contributed by atoms with Gasteiger partial charge >= 0.3 is 0 Å². The highest BCUT2D eigenvalue weighted by Crippen LogP contribution is 2.00. The molecule has 0 saturated heterocycles. The lowest BCUT2D eigenvalue weighted by Crippen LogP contribution is -2.38. The van der Waals surface area contributed by atoms with Crippen LogP contribution in [-0.2, 0) is 9.53 Å². The summed E-state index contributed by atoms with van der Waals surface area (Å²) in [5.41, 5.74) is 0. The van der Waals surface area contributed by atoms with Crippen LogP contribution in [0.3, 0.4) is 0 Å². The summed E-state index contributed by atoms with van der Waals surface area (Å²) in [5.74, 6) is -0.0639. The predicted octanol–water partition coefficient (Wildman–Crippen LogP) is -0.528. The van der Waals surface area contributed by atoms with Crippen LogP contribution in [0.2, 0.25) is 0 Å². The quantitative estimate of drug-likeness (QED) is 0.539. The first-order valence-electron chi connectivity index (χ1n) is 5.21. The summed E-state index contributed by atoms with van der Waals surface area (Å²) < 4.78 is 5.06. The van der Waals surface area contributed by atoms with Crippen LogP contribution in [0.4, 0.5) is 0 Å². The van der Waals surface area contributed by atoms with Gasteiger partial charge in [0, 0.05) is 19.0 Å². The van der Waals surface area contributed by atoms with Gasteiger partial charge in [0.05, 0.1) is 26.4 Å². The minimum atomic E-state index is -0.0746. The molecule has 90 valence electrons. The van der Waals surface area contributed by atoms with E-state index in [1.807, 2.05) is 13.8 Å². The van der Waals surface area contributed by atoms with Gasteiger partial charge in [-0.15, -0.1) is 0 Å². The van der Waals surface area contributed by atoms with Crippen molar-refractivity contribution in [3.8, 4) is 0 Å². The Hall–Kier alpha value is -0.650. The second-order valence-electron chi connectivity index (χ2n) is 3.54. The molecule has 0 aliphatic carbocycles. The summed E-state index contributed by atoms with van der Waals surface area (Å²) in [6.45, 7) is 5.04. The molecule has 0 aromatic heterocycles. The Morgan fingerprint density at radius 3 is 2.33 bits per heavy atom. The van der Waals surface area contributed by atoms with E-state index in [2.05, 4.69) is 0 Å². The van der Waals surface area contributed by atoms with Crippen LogP contribution in [-0.4, -0.2) is 60.5 Å². The van der Waals surface area contributed by atoms with Gasteiger partial charge in [0.25, 0.3) is 0 Å². The Bertz CT molecular complexity index is 173. The highest BCUT2D eigenvalue weighted by molar-refractivity contribution is 5.78. The number of amides is 1. The lowest BCUT2D eigenvalue weighted by molar-refractivity contribution is -0.135. The van der Waals surface area contributed by atoms with Gasteiger partial charge in [-0.1, -0.05) is 13.8 Å². The van der Waals surface area contributed by atoms with Gasteiger partial charge in [0.1, 0.15) is 0 Å². The summed E-state index contributed by atoms with van der Waals surface area (Å²) >= 11 is 0. The molecular weight excluding hydrogens is 198 g/mol. The number of aliphatic hydroxyl groups is 2. The van der Waals surface area contributed by atoms with Gasteiger partial charge in [-0.05, 0) is 0 Å². The fraction of sp³-hybridized carbons (Fsp3) is 0.900. The van der Waals surface area contributed by atoms with E-state index < -0.39 is 0 Å². The normalized spacial score (nSPS) is 10.7. The molecule has 0 spiro atoms. The molecule has 5 nitrogen and oxygen atoms in total. The van der Waals surface area contributed by atoms with Crippen molar-refractivity contribution in [2.24, 2.45) is 5.92 Å². The third kappa shape index (κ3) is 6.43. The molecule has 0 atom stereocenters. The predicted molar refractivity (Wildman–Crippen MR) is 56.4 cm³/mol. The van der Waals surface area contributed by atoms with Crippen molar-refractivity contribution in [1.29, 1.82) is 0 Å². The van der Waals surface area contributed by atoms with E-state index in [0.717, 1.165) is 0 Å². The van der Waals surface area contributed by atoms with E-state index >= 15 is 0 Å². The van der Waals surface area contributed by atoms with Gasteiger partial charge in [-0.25, -0.2) is 0 Å². The van der Waals surface area contributed by atoms with E-state index in [4.69, 9.17) is 14.9 Å². The maximum Gasteiger partial charge on any atom is 0.225 e. The number of aliphatic hydroxyl groups excluding tert-OH is 2. The van der Waals surface area contributed by atoms with Gasteiger partial charge in [0.15, 0.2) is 0 Å². The number of hydrogen-bond donors (Lipinski definition) is 2. The van der Waals surface area contributed by atoms with Crippen molar-refractivity contribution in [3.63, 3.8) is 0 Å². The molecule has 15 heavy (non-hydrogen) atoms. The standard InChI is InChI=1S/C10H21NO4/c1-9(2)10(14)11(3-5-12)4-7-15-8-6-13/h9,12-13H,3-8H2,1-2H3. The number of rotatable bonds is 8. The molecule has 0 saturated carbocycles. The van der Waals surface area contributed by atoms with Crippen LogP contribution >= 0.6 is 0 Å². The van der Waals surface area contributed by atoms with Crippen molar-refractivity contribution in [3.05, 3.63) is 0 Å². The fourth-order valence-corrected chi connectivity index (χ4v) is 1.16. The lowest BCUT2D eigenvalue weighted by atomic mass is 10.2. The highest BCUT2D eigenvalue weighted by Gasteiger charge is 2.15. The topological polar surface area (TPSA) is 70.0 Å². The van der Waals surface area contributed by atoms with Crippen molar-refractivity contribution in [2.75, 3.05) is 39.5 Å². The zero-order chi connectivity index (χ0) is 11.7. The smallest absolute Gasteiger partial charge is 0.225 e. The largest absolute Gasteiger partial charge is 0.395 e. The first-order valence-corrected chi connectivity index (χ1v) is 5.21. The van der Waals surface area contributed by atoms with Crippen LogP contribution in [0.1, 0.15) is 13.8 Å². The van der Waals surface area contributed by atoms with E-state index in [0.29, 0.717) is 19.7 Å². The van der Waals surface area contributed by atoms with Crippen molar-refractivity contribution in [1.82, 2.24) is 4.90 Å². The number of carbonyl (C=O) groups excluding carboxylic acids is 1. The average Bonchev–Trinajstić information content (AvgIpc) is 2.21. The number of carbonyl (C=O) groups is 1. The Labute approximate surface area is 90.6 Å². The average molecular weight is 219 g/mol. The maximum absolute atomic E-state index is 11.6. The first kappa shape index (κ1) is 14.3. The van der Waals surface area contributed by atoms with Gasteiger partial charge in [-0.3, -0.25) is 4.79 Å². The Balaban J connectivity index is 3.87. The van der Waals surface area contributed by atoms with Crippen LogP contribution in [0.25, 0.3) is 0 Å². The van der Waals surface area contributed by atoms with Gasteiger partial charge in [0.2, 0.25) is 5.91 Å². The molecule has 0 bridgehead atoms. The van der Waals surface area contributed by atoms with Gasteiger partial charge in [-0.2, -0.15) is 0 Å². The van der Waals surface area contributed by atoms with Gasteiger partial charge < -0.3 is 19.8 Å². The monoisotopic (exact) mass is 219 g/mol. The third-order valence-corrected chi connectivity index (χ3v) is 1.92. The Kier molecular flexibility index (Phi) is 8.27. The fourth-order valence-electron chi connectivity index (χ4n) is 1.16. The van der Waals surface area contributed by atoms with Crippen molar-refractivity contribution >= 4 is 5.91 Å². The minimum Gasteiger partial charge on any atom is -0.395 e. The third-order valence-electron chi connectivity index (χ3n) is 1.92. The lowest BCUT2D eigenvalue weighted by Gasteiger charge is -2.23. The molecule has 1 amide bonds. The summed E-state index contributed by atoms with van der Waals surface area (Å²) in [6.07, 6.45) is 0. The number of nitrogens with zero attached hydrogens (tertiary/aromatic N) is 1. The highest BCUT2D eigenvalue weighted by atomic mass is 16.5. The van der Waals surface area contributed by atoms with E-state index in [1.54, 1.807) is 4.90 Å². The first-order chi connectivity index (χ1) is 7.13. The molecule has 0 aliphatic heterocycles. The number of ether oxygens (including phenoxy) is 1. The van der Waals surface area contributed by atoms with E-state index in [-0.39, 0.29) is 31.6 Å². The Morgan fingerprint density at radius 2 is 1.87 bits per heavy atom. The van der Waals surface area contributed by atoms with Crippen LogP contribution in [0.5, 0.6) is 0 Å². The summed E-state index contributed by atoms with van der Waals surface area (Å²) in [6, 6.07) is 0. The second kappa shape index (κ2) is 8.64. The maximum atomic E-state index is 11.6. The summed E-state index contributed by atoms with van der Waals surface area (Å²) in [5, 5.41) is 17.3. The molecule has 0 rings (SSSR count). The Morgan fingerprint density at radius 1 is 1.20 bits per heavy atom. The van der Waals surface area contributed by atoms with Crippen LogP contribution in [0, 0.1) is 5.92 Å². The molecule has 0 heterocycles. The van der Waals surface area contributed by atoms with Crippen LogP contribution < -0.4 is 0 Å². The van der Waals surface area contributed by atoms with Crippen molar-refractivity contribution in [2.45, 2.75) is 13.8 Å². The molecule has 0 fully saturated rings. The van der Waals surface area contributed by atoms with E-state index in [1.165, 1.54) is 0 Å². The summed E-state index contributed by atoms with van der Waals surface area (Å²) in [4.78, 5) is 13.2. The van der Waals surface area contributed by atoms with Crippen LogP contribution in [0.15, 0.2) is 0 Å². The summed E-state index contributed by atoms with van der Waals surface area (Å²) in [7, 11) is 0. The molecule has 0 radical (unpaired) electrons. The molecule has 5 heteroatoms. The zero-order valence-corrected chi connectivity index (χ0v) is 9.48. The molecule has 0 aromatic rings. The molecule has 0 unspecified atom stereocenters. The molecule has 2 N–H and O–H groups in total. The molecule has 0 aromatic carbocycles. The SMILES string of the molecule is CC(C)C(=O)N(CCO)CCOCCO. The molecule has 0 aliphatic rings. The second-order valence-corrected chi connectivity index (χ2v) is 3.54.